The molecule has 1 N–H and O–H groups in total. The molecule has 0 aromatic heterocycles. The third-order valence-electron chi connectivity index (χ3n) is 5.07. The van der Waals surface area contributed by atoms with Gasteiger partial charge in [0, 0.05) is 0 Å². The predicted molar refractivity (Wildman–Crippen MR) is 151 cm³/mol. The SMILES string of the molecule is OCCOCCOCCOCCOCCOCCOCCOCCOCCOCCOCCOCc1ccccc1. The van der Waals surface area contributed by atoms with Crippen LogP contribution < -0.4 is 0 Å². The Morgan fingerprint density at radius 2 is 0.561 bits per heavy atom. The highest BCUT2D eigenvalue weighted by molar-refractivity contribution is 5.13. The van der Waals surface area contributed by atoms with Crippen molar-refractivity contribution in [3.8, 4) is 0 Å². The van der Waals surface area contributed by atoms with Crippen molar-refractivity contribution in [2.45, 2.75) is 6.61 Å². The van der Waals surface area contributed by atoms with Crippen molar-refractivity contribution in [2.75, 3.05) is 145 Å². The van der Waals surface area contributed by atoms with Gasteiger partial charge in [0.2, 0.25) is 0 Å². The highest BCUT2D eigenvalue weighted by Gasteiger charge is 1.96. The first-order valence-electron chi connectivity index (χ1n) is 14.4. The number of benzene rings is 1. The summed E-state index contributed by atoms with van der Waals surface area (Å²) < 4.78 is 59.6. The molecule has 0 unspecified atom stereocenters. The molecule has 12 heteroatoms. The zero-order chi connectivity index (χ0) is 29.2. The first-order valence-corrected chi connectivity index (χ1v) is 14.4. The fourth-order valence-corrected chi connectivity index (χ4v) is 3.03. The van der Waals surface area contributed by atoms with E-state index in [0.717, 1.165) is 5.56 Å². The normalized spacial score (nSPS) is 11.4. The summed E-state index contributed by atoms with van der Waals surface area (Å²) in [7, 11) is 0. The molecular formula is C29H52O12. The van der Waals surface area contributed by atoms with Crippen LogP contribution in [0.5, 0.6) is 0 Å². The topological polar surface area (TPSA) is 122 Å². The van der Waals surface area contributed by atoms with Crippen molar-refractivity contribution in [3.05, 3.63) is 35.9 Å². The lowest BCUT2D eigenvalue weighted by Gasteiger charge is -2.09. The Morgan fingerprint density at radius 3 is 0.829 bits per heavy atom. The molecular weight excluding hydrogens is 540 g/mol. The molecule has 0 bridgehead atoms. The monoisotopic (exact) mass is 592 g/mol. The van der Waals surface area contributed by atoms with E-state index in [1.807, 2.05) is 30.3 Å². The predicted octanol–water partition coefficient (Wildman–Crippen LogP) is 1.36. The van der Waals surface area contributed by atoms with E-state index in [1.165, 1.54) is 0 Å². The molecule has 1 aromatic carbocycles. The summed E-state index contributed by atoms with van der Waals surface area (Å²) in [6.45, 7) is 11.3. The van der Waals surface area contributed by atoms with E-state index >= 15 is 0 Å². The standard InChI is InChI=1S/C29H52O12/c30-6-7-31-8-9-32-10-11-33-12-13-34-14-15-35-16-17-36-18-19-37-20-21-38-22-23-39-24-25-40-26-27-41-28-29-4-2-1-3-5-29/h1-5,30H,6-28H2. The average molecular weight is 593 g/mol. The van der Waals surface area contributed by atoms with Gasteiger partial charge in [-0.15, -0.1) is 0 Å². The fourth-order valence-electron chi connectivity index (χ4n) is 3.03. The number of hydrogen-bond donors (Lipinski definition) is 1. The van der Waals surface area contributed by atoms with Crippen LogP contribution in [0.3, 0.4) is 0 Å². The van der Waals surface area contributed by atoms with Crippen molar-refractivity contribution >= 4 is 0 Å². The molecule has 0 atom stereocenters. The first-order chi connectivity index (χ1) is 20.4. The van der Waals surface area contributed by atoms with Crippen LogP contribution >= 0.6 is 0 Å². The van der Waals surface area contributed by atoms with Gasteiger partial charge in [-0.25, -0.2) is 0 Å². The third-order valence-corrected chi connectivity index (χ3v) is 5.07. The molecule has 0 aliphatic rings. The molecule has 0 heterocycles. The molecule has 0 amide bonds. The van der Waals surface area contributed by atoms with Gasteiger partial charge in [0.25, 0.3) is 0 Å². The molecule has 0 saturated heterocycles. The Hall–Kier alpha value is -1.26. The average Bonchev–Trinajstić information content (AvgIpc) is 3.00. The molecule has 0 saturated carbocycles. The number of hydrogen-bond acceptors (Lipinski definition) is 12. The summed E-state index contributed by atoms with van der Waals surface area (Å²) in [5.74, 6) is 0. The van der Waals surface area contributed by atoms with E-state index in [2.05, 4.69) is 0 Å². The second kappa shape index (κ2) is 33.2. The Bertz CT molecular complexity index is 611. The van der Waals surface area contributed by atoms with Gasteiger partial charge in [0.1, 0.15) is 0 Å². The summed E-state index contributed by atoms with van der Waals surface area (Å²) in [4.78, 5) is 0. The van der Waals surface area contributed by atoms with Gasteiger partial charge in [-0.1, -0.05) is 30.3 Å². The van der Waals surface area contributed by atoms with E-state index in [0.29, 0.717) is 145 Å². The van der Waals surface area contributed by atoms with Crippen molar-refractivity contribution in [1.29, 1.82) is 0 Å². The smallest absolute Gasteiger partial charge is 0.0718 e. The summed E-state index contributed by atoms with van der Waals surface area (Å²) >= 11 is 0. The van der Waals surface area contributed by atoms with Crippen molar-refractivity contribution in [1.82, 2.24) is 0 Å². The summed E-state index contributed by atoms with van der Waals surface area (Å²) in [5.41, 5.74) is 1.16. The van der Waals surface area contributed by atoms with Gasteiger partial charge < -0.3 is 57.2 Å². The van der Waals surface area contributed by atoms with Gasteiger partial charge >= 0.3 is 0 Å². The minimum atomic E-state index is 0.0268. The molecule has 0 spiro atoms. The quantitative estimate of drug-likeness (QED) is 0.116. The summed E-state index contributed by atoms with van der Waals surface area (Å²) in [5, 5.41) is 8.57. The molecule has 240 valence electrons. The summed E-state index contributed by atoms with van der Waals surface area (Å²) in [6.07, 6.45) is 0. The number of ether oxygens (including phenoxy) is 11. The van der Waals surface area contributed by atoms with E-state index in [9.17, 15) is 0 Å². The van der Waals surface area contributed by atoms with Gasteiger partial charge in [0.05, 0.1) is 152 Å². The maximum Gasteiger partial charge on any atom is 0.0718 e. The largest absolute Gasteiger partial charge is 0.394 e. The van der Waals surface area contributed by atoms with E-state index in [-0.39, 0.29) is 6.61 Å². The second-order valence-electron chi connectivity index (χ2n) is 8.39. The maximum absolute atomic E-state index is 8.57. The molecule has 0 fully saturated rings. The Kier molecular flexibility index (Phi) is 30.6. The second-order valence-corrected chi connectivity index (χ2v) is 8.39. The van der Waals surface area contributed by atoms with E-state index < -0.39 is 0 Å². The number of aliphatic hydroxyl groups excluding tert-OH is 1. The molecule has 0 aliphatic heterocycles. The minimum absolute atomic E-state index is 0.0268. The molecule has 1 aromatic rings. The van der Waals surface area contributed by atoms with Gasteiger partial charge in [-0.05, 0) is 5.56 Å². The zero-order valence-electron chi connectivity index (χ0n) is 24.6. The first kappa shape index (κ1) is 37.8. The van der Waals surface area contributed by atoms with Gasteiger partial charge in [-0.2, -0.15) is 0 Å². The molecule has 0 radical (unpaired) electrons. The van der Waals surface area contributed by atoms with Crippen LogP contribution in [-0.4, -0.2) is 150 Å². The van der Waals surface area contributed by atoms with Crippen LogP contribution in [0.4, 0.5) is 0 Å². The highest BCUT2D eigenvalue weighted by Crippen LogP contribution is 2.00. The Morgan fingerprint density at radius 1 is 0.317 bits per heavy atom. The van der Waals surface area contributed by atoms with E-state index in [1.54, 1.807) is 0 Å². The van der Waals surface area contributed by atoms with Crippen LogP contribution in [0, 0.1) is 0 Å². The van der Waals surface area contributed by atoms with Crippen LogP contribution in [0.15, 0.2) is 30.3 Å². The third kappa shape index (κ3) is 30.0. The lowest BCUT2D eigenvalue weighted by Crippen LogP contribution is -2.15. The van der Waals surface area contributed by atoms with Crippen LogP contribution in [-0.2, 0) is 58.7 Å². The molecule has 1 rings (SSSR count). The van der Waals surface area contributed by atoms with Crippen LogP contribution in [0.25, 0.3) is 0 Å². The lowest BCUT2D eigenvalue weighted by atomic mass is 10.2. The minimum Gasteiger partial charge on any atom is -0.394 e. The van der Waals surface area contributed by atoms with Crippen molar-refractivity contribution < 1.29 is 57.2 Å². The van der Waals surface area contributed by atoms with Crippen molar-refractivity contribution in [2.24, 2.45) is 0 Å². The highest BCUT2D eigenvalue weighted by atomic mass is 16.6. The summed E-state index contributed by atoms with van der Waals surface area (Å²) in [6, 6.07) is 10.1. The zero-order valence-corrected chi connectivity index (χ0v) is 24.6. The molecule has 0 aliphatic carbocycles. The van der Waals surface area contributed by atoms with Crippen LogP contribution in [0.1, 0.15) is 5.56 Å². The van der Waals surface area contributed by atoms with E-state index in [4.69, 9.17) is 57.2 Å². The maximum atomic E-state index is 8.57. The van der Waals surface area contributed by atoms with Crippen LogP contribution in [0.2, 0.25) is 0 Å². The Labute approximate surface area is 245 Å². The number of rotatable bonds is 34. The van der Waals surface area contributed by atoms with Crippen molar-refractivity contribution in [3.63, 3.8) is 0 Å². The Balaban J connectivity index is 1.61. The van der Waals surface area contributed by atoms with Gasteiger partial charge in [0.15, 0.2) is 0 Å². The van der Waals surface area contributed by atoms with Gasteiger partial charge in [-0.3, -0.25) is 0 Å². The fraction of sp³-hybridized carbons (Fsp3) is 0.793. The molecule has 41 heavy (non-hydrogen) atoms. The number of aliphatic hydroxyl groups is 1. The lowest BCUT2D eigenvalue weighted by molar-refractivity contribution is -0.0280. The molecule has 12 nitrogen and oxygen atoms in total.